The van der Waals surface area contributed by atoms with Crippen LogP contribution in [-0.2, 0) is 17.8 Å². The second-order valence-electron chi connectivity index (χ2n) is 7.46. The number of esters is 1. The minimum absolute atomic E-state index is 0. The fourth-order valence-electron chi connectivity index (χ4n) is 3.74. The van der Waals surface area contributed by atoms with E-state index in [9.17, 15) is 4.79 Å². The number of carbonyl (C=O) groups is 1. The van der Waals surface area contributed by atoms with E-state index >= 15 is 0 Å². The van der Waals surface area contributed by atoms with E-state index in [4.69, 9.17) is 9.72 Å². The van der Waals surface area contributed by atoms with E-state index in [1.54, 1.807) is 11.3 Å². The molecule has 0 aliphatic carbocycles. The van der Waals surface area contributed by atoms with Gasteiger partial charge < -0.3 is 16.2 Å². The molecule has 4 N–H and O–H groups in total. The first-order valence-electron chi connectivity index (χ1n) is 10.0. The van der Waals surface area contributed by atoms with Crippen LogP contribution in [0.2, 0.25) is 0 Å². The van der Waals surface area contributed by atoms with Crippen molar-refractivity contribution in [3.63, 3.8) is 0 Å². The van der Waals surface area contributed by atoms with Crippen molar-refractivity contribution in [1.29, 1.82) is 0 Å². The van der Waals surface area contributed by atoms with Crippen LogP contribution in [0.3, 0.4) is 0 Å². The SMILES string of the molecule is CCCCC(=O)Oc1c(C)nc2sc3c(c2c1-c1ccc(C)cc1)CNCC3.N. The van der Waals surface area contributed by atoms with E-state index in [1.165, 1.54) is 16.0 Å². The van der Waals surface area contributed by atoms with Crippen LogP contribution in [0.25, 0.3) is 21.3 Å². The van der Waals surface area contributed by atoms with E-state index in [0.717, 1.165) is 59.4 Å². The maximum Gasteiger partial charge on any atom is 0.311 e. The lowest BCUT2D eigenvalue weighted by Crippen LogP contribution is -2.22. The third kappa shape index (κ3) is 4.20. The van der Waals surface area contributed by atoms with Crippen molar-refractivity contribution in [2.24, 2.45) is 0 Å². The Hall–Kier alpha value is -2.28. The van der Waals surface area contributed by atoms with Gasteiger partial charge in [0, 0.05) is 35.3 Å². The molecule has 0 fully saturated rings. The summed E-state index contributed by atoms with van der Waals surface area (Å²) in [6.07, 6.45) is 3.27. The maximum atomic E-state index is 12.5. The van der Waals surface area contributed by atoms with Gasteiger partial charge in [0.2, 0.25) is 0 Å². The molecule has 0 saturated heterocycles. The van der Waals surface area contributed by atoms with Crippen LogP contribution in [0.5, 0.6) is 5.75 Å². The first-order chi connectivity index (χ1) is 13.6. The van der Waals surface area contributed by atoms with Gasteiger partial charge in [-0.05, 0) is 37.8 Å². The van der Waals surface area contributed by atoms with Crippen LogP contribution in [0.4, 0.5) is 0 Å². The van der Waals surface area contributed by atoms with Gasteiger partial charge in [0.1, 0.15) is 4.83 Å². The lowest BCUT2D eigenvalue weighted by Gasteiger charge is -2.17. The van der Waals surface area contributed by atoms with Crippen molar-refractivity contribution in [3.8, 4) is 16.9 Å². The average Bonchev–Trinajstić information content (AvgIpc) is 3.05. The van der Waals surface area contributed by atoms with Crippen molar-refractivity contribution in [2.45, 2.75) is 53.0 Å². The van der Waals surface area contributed by atoms with E-state index in [0.29, 0.717) is 12.2 Å². The molecule has 0 saturated carbocycles. The van der Waals surface area contributed by atoms with Gasteiger partial charge in [0.25, 0.3) is 0 Å². The number of rotatable bonds is 5. The van der Waals surface area contributed by atoms with Crippen LogP contribution in [0, 0.1) is 13.8 Å². The van der Waals surface area contributed by atoms with Gasteiger partial charge in [0.05, 0.1) is 5.69 Å². The molecule has 1 aromatic carbocycles. The summed E-state index contributed by atoms with van der Waals surface area (Å²) < 4.78 is 5.91. The molecule has 0 spiro atoms. The number of ether oxygens (including phenoxy) is 1. The molecule has 0 atom stereocenters. The van der Waals surface area contributed by atoms with Crippen LogP contribution in [0.15, 0.2) is 24.3 Å². The number of nitrogens with one attached hydrogen (secondary N) is 1. The number of aryl methyl sites for hydroxylation is 2. The summed E-state index contributed by atoms with van der Waals surface area (Å²) in [4.78, 5) is 19.7. The number of thiophene rings is 1. The number of benzene rings is 1. The Morgan fingerprint density at radius 1 is 1.24 bits per heavy atom. The number of hydrogen-bond acceptors (Lipinski definition) is 6. The van der Waals surface area contributed by atoms with Crippen molar-refractivity contribution < 1.29 is 9.53 Å². The number of nitrogens with zero attached hydrogens (tertiary/aromatic N) is 1. The van der Waals surface area contributed by atoms with E-state index in [1.807, 2.05) is 6.92 Å². The summed E-state index contributed by atoms with van der Waals surface area (Å²) in [5.41, 5.74) is 5.38. The highest BCUT2D eigenvalue weighted by atomic mass is 32.1. The summed E-state index contributed by atoms with van der Waals surface area (Å²) >= 11 is 1.78. The molecule has 3 aromatic rings. The molecule has 154 valence electrons. The van der Waals surface area contributed by atoms with Gasteiger partial charge in [-0.2, -0.15) is 0 Å². The van der Waals surface area contributed by atoms with Crippen molar-refractivity contribution in [2.75, 3.05) is 6.54 Å². The highest BCUT2D eigenvalue weighted by Gasteiger charge is 2.25. The lowest BCUT2D eigenvalue weighted by atomic mass is 9.96. The Morgan fingerprint density at radius 2 is 2.00 bits per heavy atom. The zero-order valence-electron chi connectivity index (χ0n) is 17.4. The highest BCUT2D eigenvalue weighted by Crippen LogP contribution is 2.44. The second kappa shape index (κ2) is 9.03. The molecule has 0 bridgehead atoms. The molecule has 5 nitrogen and oxygen atoms in total. The minimum Gasteiger partial charge on any atom is -0.424 e. The van der Waals surface area contributed by atoms with Gasteiger partial charge in [-0.1, -0.05) is 43.2 Å². The number of unbranched alkanes of at least 4 members (excludes halogenated alkanes) is 1. The van der Waals surface area contributed by atoms with Crippen LogP contribution in [-0.4, -0.2) is 17.5 Å². The summed E-state index contributed by atoms with van der Waals surface area (Å²) in [7, 11) is 0. The fourth-order valence-corrected chi connectivity index (χ4v) is 4.99. The quantitative estimate of drug-likeness (QED) is 0.543. The molecule has 3 heterocycles. The zero-order valence-corrected chi connectivity index (χ0v) is 18.2. The van der Waals surface area contributed by atoms with Gasteiger partial charge >= 0.3 is 5.97 Å². The monoisotopic (exact) mass is 411 g/mol. The largest absolute Gasteiger partial charge is 0.424 e. The number of hydrogen-bond donors (Lipinski definition) is 2. The second-order valence-corrected chi connectivity index (χ2v) is 8.54. The molecule has 29 heavy (non-hydrogen) atoms. The molecular weight excluding hydrogens is 382 g/mol. The van der Waals surface area contributed by atoms with Gasteiger partial charge in [-0.25, -0.2) is 4.98 Å². The van der Waals surface area contributed by atoms with Gasteiger partial charge in [-0.3, -0.25) is 4.79 Å². The third-order valence-electron chi connectivity index (χ3n) is 5.27. The molecule has 0 unspecified atom stereocenters. The molecule has 0 amide bonds. The third-order valence-corrected chi connectivity index (χ3v) is 6.45. The first-order valence-corrected chi connectivity index (χ1v) is 10.8. The first kappa shape index (κ1) is 21.4. The van der Waals surface area contributed by atoms with Crippen molar-refractivity contribution >= 4 is 27.5 Å². The summed E-state index contributed by atoms with van der Waals surface area (Å²) in [5, 5.41) is 4.62. The summed E-state index contributed by atoms with van der Waals surface area (Å²) in [5.74, 6) is 0.435. The van der Waals surface area contributed by atoms with Crippen molar-refractivity contribution in [1.82, 2.24) is 16.5 Å². The predicted molar refractivity (Wildman–Crippen MR) is 120 cm³/mol. The minimum atomic E-state index is -0.179. The molecule has 2 aromatic heterocycles. The number of pyridine rings is 1. The maximum absolute atomic E-state index is 12.5. The zero-order chi connectivity index (χ0) is 19.7. The standard InChI is InChI=1S/C23H26N2O2S.H3N/c1-4-5-6-19(26)27-22-15(3)25-23-21(17-13-24-12-11-18(17)28-23)20(22)16-9-7-14(2)8-10-16;/h7-10,24H,4-6,11-13H2,1-3H3;1H3. The van der Waals surface area contributed by atoms with Crippen LogP contribution >= 0.6 is 11.3 Å². The lowest BCUT2D eigenvalue weighted by molar-refractivity contribution is -0.134. The fraction of sp³-hybridized carbons (Fsp3) is 0.391. The number of fused-ring (bicyclic) bond motifs is 3. The Balaban J connectivity index is 0.00000240. The Kier molecular flexibility index (Phi) is 6.67. The average molecular weight is 412 g/mol. The highest BCUT2D eigenvalue weighted by molar-refractivity contribution is 7.19. The van der Waals surface area contributed by atoms with E-state index < -0.39 is 0 Å². The van der Waals surface area contributed by atoms with Crippen LogP contribution in [0.1, 0.15) is 47.9 Å². The van der Waals surface area contributed by atoms with E-state index in [-0.39, 0.29) is 12.1 Å². The molecule has 4 rings (SSSR count). The Bertz CT molecular complexity index is 1030. The topological polar surface area (TPSA) is 86.2 Å². The molecule has 1 aliphatic rings. The smallest absolute Gasteiger partial charge is 0.311 e. The summed E-state index contributed by atoms with van der Waals surface area (Å²) in [6, 6.07) is 8.45. The number of aromatic nitrogens is 1. The molecular formula is C23H29N3O2S. The Labute approximate surface area is 176 Å². The summed E-state index contributed by atoms with van der Waals surface area (Å²) in [6.45, 7) is 7.93. The Morgan fingerprint density at radius 3 is 2.72 bits per heavy atom. The number of carbonyl (C=O) groups excluding carboxylic acids is 1. The molecule has 0 radical (unpaired) electrons. The van der Waals surface area contributed by atoms with Gasteiger partial charge in [-0.15, -0.1) is 11.3 Å². The van der Waals surface area contributed by atoms with Gasteiger partial charge in [0.15, 0.2) is 5.75 Å². The molecule has 1 aliphatic heterocycles. The van der Waals surface area contributed by atoms with E-state index in [2.05, 4.69) is 43.4 Å². The predicted octanol–water partition coefficient (Wildman–Crippen LogP) is 5.48. The molecule has 6 heteroatoms. The normalized spacial score (nSPS) is 13.1. The van der Waals surface area contributed by atoms with Crippen molar-refractivity contribution in [3.05, 3.63) is 46.0 Å². The van der Waals surface area contributed by atoms with Crippen LogP contribution < -0.4 is 16.2 Å².